The zero-order chi connectivity index (χ0) is 16.6. The van der Waals surface area contributed by atoms with Crippen LogP contribution >= 0.6 is 15.9 Å². The van der Waals surface area contributed by atoms with Crippen LogP contribution in [0.3, 0.4) is 0 Å². The molecule has 0 bridgehead atoms. The van der Waals surface area contributed by atoms with Crippen LogP contribution in [-0.2, 0) is 16.6 Å². The molecule has 122 valence electrons. The van der Waals surface area contributed by atoms with Crippen LogP contribution in [0.1, 0.15) is 29.5 Å². The summed E-state index contributed by atoms with van der Waals surface area (Å²) in [7, 11) is -3.51. The van der Waals surface area contributed by atoms with Crippen molar-refractivity contribution in [3.63, 3.8) is 0 Å². The van der Waals surface area contributed by atoms with Crippen molar-refractivity contribution >= 4 is 26.0 Å². The molecule has 3 nitrogen and oxygen atoms in total. The van der Waals surface area contributed by atoms with Gasteiger partial charge in [-0.3, -0.25) is 0 Å². The number of sulfonamides is 1. The maximum Gasteiger partial charge on any atom is 0.244 e. The predicted octanol–water partition coefficient (Wildman–Crippen LogP) is 4.42. The van der Waals surface area contributed by atoms with Gasteiger partial charge in [0, 0.05) is 17.1 Å². The lowest BCUT2D eigenvalue weighted by molar-refractivity contribution is 0.398. The molecule has 0 N–H and O–H groups in total. The Bertz CT molecular complexity index is 811. The lowest BCUT2D eigenvalue weighted by Gasteiger charge is -2.23. The SMILES string of the molecule is Cc1ccc(CN(C2CC2)S(=O)(=O)c2ccc(C)cc2Br)cc1. The molecule has 2 aromatic rings. The second-order valence-electron chi connectivity index (χ2n) is 6.20. The highest BCUT2D eigenvalue weighted by molar-refractivity contribution is 9.10. The molecular formula is C18H20BrNO2S. The average molecular weight is 394 g/mol. The number of aryl methyl sites for hydroxylation is 2. The highest BCUT2D eigenvalue weighted by Crippen LogP contribution is 2.35. The molecule has 2 aromatic carbocycles. The van der Waals surface area contributed by atoms with E-state index in [2.05, 4.69) is 15.9 Å². The van der Waals surface area contributed by atoms with E-state index in [0.717, 1.165) is 24.0 Å². The van der Waals surface area contributed by atoms with Gasteiger partial charge in [-0.1, -0.05) is 35.9 Å². The molecule has 0 unspecified atom stereocenters. The predicted molar refractivity (Wildman–Crippen MR) is 95.8 cm³/mol. The highest BCUT2D eigenvalue weighted by Gasteiger charge is 2.38. The van der Waals surface area contributed by atoms with Crippen LogP contribution in [0.25, 0.3) is 0 Å². The Morgan fingerprint density at radius 3 is 2.22 bits per heavy atom. The van der Waals surface area contributed by atoms with Gasteiger partial charge in [0.15, 0.2) is 0 Å². The summed E-state index contributed by atoms with van der Waals surface area (Å²) in [5.74, 6) is 0. The Morgan fingerprint density at radius 2 is 1.65 bits per heavy atom. The van der Waals surface area contributed by atoms with Crippen molar-refractivity contribution in [1.29, 1.82) is 0 Å². The van der Waals surface area contributed by atoms with Crippen molar-refractivity contribution in [3.8, 4) is 0 Å². The number of benzene rings is 2. The van der Waals surface area contributed by atoms with Gasteiger partial charge in [0.1, 0.15) is 0 Å². The van der Waals surface area contributed by atoms with Gasteiger partial charge in [0.05, 0.1) is 4.90 Å². The van der Waals surface area contributed by atoms with Crippen molar-refractivity contribution in [2.45, 2.75) is 44.2 Å². The first-order chi connectivity index (χ1) is 10.9. The summed E-state index contributed by atoms with van der Waals surface area (Å²) in [6, 6.07) is 13.6. The Morgan fingerprint density at radius 1 is 1.04 bits per heavy atom. The topological polar surface area (TPSA) is 37.4 Å². The van der Waals surface area contributed by atoms with E-state index in [9.17, 15) is 8.42 Å². The molecule has 0 aliphatic heterocycles. The van der Waals surface area contributed by atoms with Gasteiger partial charge >= 0.3 is 0 Å². The number of halogens is 1. The molecule has 1 aliphatic rings. The van der Waals surface area contributed by atoms with E-state index >= 15 is 0 Å². The molecule has 0 saturated heterocycles. The lowest BCUT2D eigenvalue weighted by atomic mass is 10.1. The van der Waals surface area contributed by atoms with Gasteiger partial charge in [-0.2, -0.15) is 4.31 Å². The number of nitrogens with zero attached hydrogens (tertiary/aromatic N) is 1. The van der Waals surface area contributed by atoms with Crippen molar-refractivity contribution in [1.82, 2.24) is 4.31 Å². The number of rotatable bonds is 5. The van der Waals surface area contributed by atoms with Gasteiger partial charge < -0.3 is 0 Å². The summed E-state index contributed by atoms with van der Waals surface area (Å²) < 4.78 is 28.5. The molecule has 5 heteroatoms. The first-order valence-electron chi connectivity index (χ1n) is 7.71. The summed E-state index contributed by atoms with van der Waals surface area (Å²) >= 11 is 3.41. The third kappa shape index (κ3) is 3.67. The largest absolute Gasteiger partial charge is 0.244 e. The monoisotopic (exact) mass is 393 g/mol. The molecular weight excluding hydrogens is 374 g/mol. The summed E-state index contributed by atoms with van der Waals surface area (Å²) in [5.41, 5.74) is 3.23. The van der Waals surface area contributed by atoms with Crippen LogP contribution in [0, 0.1) is 13.8 Å². The fourth-order valence-corrected chi connectivity index (χ4v) is 5.41. The van der Waals surface area contributed by atoms with E-state index in [1.807, 2.05) is 50.2 Å². The van der Waals surface area contributed by atoms with E-state index in [1.165, 1.54) is 5.56 Å². The molecule has 3 rings (SSSR count). The molecule has 0 atom stereocenters. The second-order valence-corrected chi connectivity index (χ2v) is 8.91. The maximum atomic E-state index is 13.1. The van der Waals surface area contributed by atoms with E-state index < -0.39 is 10.0 Å². The summed E-state index contributed by atoms with van der Waals surface area (Å²) in [5, 5.41) is 0. The summed E-state index contributed by atoms with van der Waals surface area (Å²) in [6.07, 6.45) is 1.88. The Labute approximate surface area is 146 Å². The molecule has 23 heavy (non-hydrogen) atoms. The Balaban J connectivity index is 1.95. The van der Waals surface area contributed by atoms with Crippen molar-refractivity contribution < 1.29 is 8.42 Å². The van der Waals surface area contributed by atoms with E-state index in [-0.39, 0.29) is 6.04 Å². The third-order valence-electron chi connectivity index (χ3n) is 4.09. The normalized spacial score (nSPS) is 15.1. The summed E-state index contributed by atoms with van der Waals surface area (Å²) in [4.78, 5) is 0.349. The molecule has 1 aliphatic carbocycles. The molecule has 0 aromatic heterocycles. The smallest absolute Gasteiger partial charge is 0.207 e. The van der Waals surface area contributed by atoms with E-state index in [1.54, 1.807) is 10.4 Å². The van der Waals surface area contributed by atoms with Gasteiger partial charge in [0.25, 0.3) is 0 Å². The molecule has 1 saturated carbocycles. The van der Waals surface area contributed by atoms with Gasteiger partial charge in [-0.05, 0) is 65.9 Å². The second kappa shape index (κ2) is 6.38. The Hall–Kier alpha value is -1.17. The molecule has 0 heterocycles. The first-order valence-corrected chi connectivity index (χ1v) is 9.95. The molecule has 0 spiro atoms. The fraction of sp³-hybridized carbons (Fsp3) is 0.333. The third-order valence-corrected chi connectivity index (χ3v) is 6.96. The quantitative estimate of drug-likeness (QED) is 0.753. The minimum absolute atomic E-state index is 0.120. The first kappa shape index (κ1) is 16.7. The van der Waals surface area contributed by atoms with Gasteiger partial charge in [-0.25, -0.2) is 8.42 Å². The zero-order valence-electron chi connectivity index (χ0n) is 13.3. The fourth-order valence-electron chi connectivity index (χ4n) is 2.59. The lowest BCUT2D eigenvalue weighted by Crippen LogP contribution is -2.32. The molecule has 0 amide bonds. The van der Waals surface area contributed by atoms with Crippen molar-refractivity contribution in [2.24, 2.45) is 0 Å². The van der Waals surface area contributed by atoms with Crippen LogP contribution in [0.15, 0.2) is 51.8 Å². The molecule has 1 fully saturated rings. The van der Waals surface area contributed by atoms with Gasteiger partial charge in [0.2, 0.25) is 10.0 Å². The van der Waals surface area contributed by atoms with Crippen LogP contribution in [0.5, 0.6) is 0 Å². The maximum absolute atomic E-state index is 13.1. The van der Waals surface area contributed by atoms with Crippen molar-refractivity contribution in [3.05, 3.63) is 63.6 Å². The standard InChI is InChI=1S/C18H20BrNO2S/c1-13-3-6-15(7-4-13)12-20(16-8-9-16)23(21,22)18-10-5-14(2)11-17(18)19/h3-7,10-11,16H,8-9,12H2,1-2H3. The summed E-state index contributed by atoms with van der Waals surface area (Å²) in [6.45, 7) is 4.41. The van der Waals surface area contributed by atoms with E-state index in [4.69, 9.17) is 0 Å². The van der Waals surface area contributed by atoms with Crippen LogP contribution < -0.4 is 0 Å². The number of hydrogen-bond donors (Lipinski definition) is 0. The zero-order valence-corrected chi connectivity index (χ0v) is 15.7. The highest BCUT2D eigenvalue weighted by atomic mass is 79.9. The van der Waals surface area contributed by atoms with Crippen LogP contribution in [0.2, 0.25) is 0 Å². The molecule has 0 radical (unpaired) electrons. The average Bonchev–Trinajstić information content (AvgIpc) is 3.30. The minimum Gasteiger partial charge on any atom is -0.207 e. The number of hydrogen-bond acceptors (Lipinski definition) is 2. The van der Waals surface area contributed by atoms with E-state index in [0.29, 0.717) is 15.9 Å². The minimum atomic E-state index is -3.51. The van der Waals surface area contributed by atoms with Crippen molar-refractivity contribution in [2.75, 3.05) is 0 Å². The van der Waals surface area contributed by atoms with Crippen LogP contribution in [0.4, 0.5) is 0 Å². The Kier molecular flexibility index (Phi) is 4.63. The van der Waals surface area contributed by atoms with Crippen LogP contribution in [-0.4, -0.2) is 18.8 Å². The van der Waals surface area contributed by atoms with Gasteiger partial charge in [-0.15, -0.1) is 0 Å².